The van der Waals surface area contributed by atoms with Gasteiger partial charge >= 0.3 is 0 Å². The molecule has 0 bridgehead atoms. The minimum Gasteiger partial charge on any atom is -0.350 e. The number of rotatable bonds is 5. The predicted octanol–water partition coefficient (Wildman–Crippen LogP) is 3.89. The van der Waals surface area contributed by atoms with Crippen molar-refractivity contribution >= 4 is 27.5 Å². The zero-order valence-corrected chi connectivity index (χ0v) is 16.5. The molecule has 0 aliphatic rings. The average molecular weight is 407 g/mol. The Morgan fingerprint density at radius 2 is 1.97 bits per heavy atom. The maximum Gasteiger partial charge on any atom is 0.271 e. The third-order valence-electron chi connectivity index (χ3n) is 4.60. The number of aromatic nitrogens is 2. The van der Waals surface area contributed by atoms with E-state index in [1.165, 1.54) is 28.3 Å². The van der Waals surface area contributed by atoms with Gasteiger partial charge in [0.25, 0.3) is 5.56 Å². The first kappa shape index (κ1) is 19.0. The number of aryl methyl sites for hydroxylation is 1. The maximum absolute atomic E-state index is 13.6. The lowest BCUT2D eigenvalue weighted by Crippen LogP contribution is -2.31. The van der Waals surface area contributed by atoms with Crippen LogP contribution in [0.25, 0.3) is 20.7 Å². The van der Waals surface area contributed by atoms with Crippen LogP contribution >= 0.6 is 11.3 Å². The normalized spacial score (nSPS) is 11.0. The fourth-order valence-corrected chi connectivity index (χ4v) is 4.03. The first-order valence-electron chi connectivity index (χ1n) is 9.07. The lowest BCUT2D eigenvalue weighted by molar-refractivity contribution is -0.121. The SMILES string of the molecule is Cc1ccc(CNC(=O)Cn2cnc3cc(-c4ccccc4)sc3c2=O)cc1F. The van der Waals surface area contributed by atoms with Crippen LogP contribution in [0, 0.1) is 12.7 Å². The summed E-state index contributed by atoms with van der Waals surface area (Å²) in [5, 5.41) is 2.71. The number of halogens is 1. The Bertz CT molecular complexity index is 1250. The molecule has 1 amide bonds. The molecule has 0 saturated carbocycles. The van der Waals surface area contributed by atoms with Crippen LogP contribution in [0.2, 0.25) is 0 Å². The average Bonchev–Trinajstić information content (AvgIpc) is 3.17. The van der Waals surface area contributed by atoms with Gasteiger partial charge in [-0.3, -0.25) is 14.2 Å². The van der Waals surface area contributed by atoms with Crippen LogP contribution in [0.3, 0.4) is 0 Å². The van der Waals surface area contributed by atoms with Crippen molar-refractivity contribution in [2.24, 2.45) is 0 Å². The minimum atomic E-state index is -0.339. The van der Waals surface area contributed by atoms with E-state index < -0.39 is 0 Å². The second-order valence-electron chi connectivity index (χ2n) is 6.73. The molecule has 7 heteroatoms. The quantitative estimate of drug-likeness (QED) is 0.546. The van der Waals surface area contributed by atoms with Crippen LogP contribution in [0.15, 0.2) is 65.7 Å². The fraction of sp³-hybridized carbons (Fsp3) is 0.136. The first-order valence-corrected chi connectivity index (χ1v) is 9.89. The van der Waals surface area contributed by atoms with E-state index in [-0.39, 0.29) is 30.4 Å². The van der Waals surface area contributed by atoms with E-state index in [9.17, 15) is 14.0 Å². The molecule has 4 rings (SSSR count). The van der Waals surface area contributed by atoms with E-state index in [4.69, 9.17) is 0 Å². The summed E-state index contributed by atoms with van der Waals surface area (Å²) in [4.78, 5) is 30.3. The number of nitrogens with one attached hydrogen (secondary N) is 1. The third kappa shape index (κ3) is 4.09. The molecular formula is C22H18FN3O2S. The number of carbonyl (C=O) groups excluding carboxylic acids is 1. The summed E-state index contributed by atoms with van der Waals surface area (Å²) in [5.74, 6) is -0.649. The zero-order chi connectivity index (χ0) is 20.4. The molecule has 2 aromatic heterocycles. The van der Waals surface area contributed by atoms with Crippen molar-refractivity contribution in [1.29, 1.82) is 0 Å². The number of fused-ring (bicyclic) bond motifs is 1. The molecule has 29 heavy (non-hydrogen) atoms. The standard InChI is InChI=1S/C22H18FN3O2S/c1-14-7-8-15(9-17(14)23)11-24-20(27)12-26-13-25-18-10-19(29-21(18)22(26)28)16-5-3-2-4-6-16/h2-10,13H,11-12H2,1H3,(H,24,27). The molecule has 0 atom stereocenters. The van der Waals surface area contributed by atoms with Gasteiger partial charge in [-0.15, -0.1) is 11.3 Å². The van der Waals surface area contributed by atoms with E-state index in [1.54, 1.807) is 19.1 Å². The lowest BCUT2D eigenvalue weighted by atomic mass is 10.1. The Morgan fingerprint density at radius 1 is 1.17 bits per heavy atom. The van der Waals surface area contributed by atoms with E-state index in [1.807, 2.05) is 36.4 Å². The molecule has 0 unspecified atom stereocenters. The molecule has 0 fully saturated rings. The highest BCUT2D eigenvalue weighted by Crippen LogP contribution is 2.30. The molecule has 2 heterocycles. The first-order chi connectivity index (χ1) is 14.0. The fourth-order valence-electron chi connectivity index (χ4n) is 2.96. The third-order valence-corrected chi connectivity index (χ3v) is 5.76. The molecule has 146 valence electrons. The molecule has 4 aromatic rings. The predicted molar refractivity (Wildman–Crippen MR) is 112 cm³/mol. The Kier molecular flexibility index (Phi) is 5.22. The summed E-state index contributed by atoms with van der Waals surface area (Å²) in [6.45, 7) is 1.73. The van der Waals surface area contributed by atoms with Crippen LogP contribution in [0.1, 0.15) is 11.1 Å². The van der Waals surface area contributed by atoms with E-state index in [2.05, 4.69) is 10.3 Å². The minimum absolute atomic E-state index is 0.144. The number of benzene rings is 2. The number of hydrogen-bond donors (Lipinski definition) is 1. The molecule has 1 N–H and O–H groups in total. The lowest BCUT2D eigenvalue weighted by Gasteiger charge is -2.08. The highest BCUT2D eigenvalue weighted by molar-refractivity contribution is 7.22. The molecule has 0 aliphatic carbocycles. The number of amides is 1. The van der Waals surface area contributed by atoms with Crippen molar-refractivity contribution in [3.05, 3.63) is 88.2 Å². The topological polar surface area (TPSA) is 64.0 Å². The molecular weight excluding hydrogens is 389 g/mol. The van der Waals surface area contributed by atoms with E-state index in [0.717, 1.165) is 10.4 Å². The number of thiophene rings is 1. The van der Waals surface area contributed by atoms with Crippen molar-refractivity contribution in [2.45, 2.75) is 20.0 Å². The number of carbonyl (C=O) groups is 1. The monoisotopic (exact) mass is 407 g/mol. The molecule has 0 radical (unpaired) electrons. The summed E-state index contributed by atoms with van der Waals surface area (Å²) in [5.41, 5.74) is 2.60. The van der Waals surface area contributed by atoms with Crippen molar-refractivity contribution in [3.8, 4) is 10.4 Å². The summed E-state index contributed by atoms with van der Waals surface area (Å²) < 4.78 is 15.4. The van der Waals surface area contributed by atoms with E-state index >= 15 is 0 Å². The van der Waals surface area contributed by atoms with E-state index in [0.29, 0.717) is 21.3 Å². The highest BCUT2D eigenvalue weighted by atomic mass is 32.1. The van der Waals surface area contributed by atoms with Crippen LogP contribution in [-0.4, -0.2) is 15.5 Å². The second kappa shape index (κ2) is 7.97. The van der Waals surface area contributed by atoms with Gasteiger partial charge in [0.2, 0.25) is 5.91 Å². The van der Waals surface area contributed by atoms with Gasteiger partial charge in [0.15, 0.2) is 0 Å². The van der Waals surface area contributed by atoms with Gasteiger partial charge in [-0.1, -0.05) is 42.5 Å². The number of nitrogens with zero attached hydrogens (tertiary/aromatic N) is 2. The van der Waals surface area contributed by atoms with Crippen molar-refractivity contribution < 1.29 is 9.18 Å². The van der Waals surface area contributed by atoms with Gasteiger partial charge in [0, 0.05) is 11.4 Å². The second-order valence-corrected chi connectivity index (χ2v) is 7.78. The molecule has 0 spiro atoms. The smallest absolute Gasteiger partial charge is 0.271 e. The van der Waals surface area contributed by atoms with Crippen LogP contribution < -0.4 is 10.9 Å². The van der Waals surface area contributed by atoms with Gasteiger partial charge in [0.1, 0.15) is 17.1 Å². The van der Waals surface area contributed by atoms with Crippen LogP contribution in [-0.2, 0) is 17.9 Å². The Hall–Kier alpha value is -3.32. The van der Waals surface area contributed by atoms with Crippen LogP contribution in [0.5, 0.6) is 0 Å². The van der Waals surface area contributed by atoms with Gasteiger partial charge in [-0.05, 0) is 35.7 Å². The highest BCUT2D eigenvalue weighted by Gasteiger charge is 2.12. The zero-order valence-electron chi connectivity index (χ0n) is 15.7. The summed E-state index contributed by atoms with van der Waals surface area (Å²) in [7, 11) is 0. The Balaban J connectivity index is 1.50. The Morgan fingerprint density at radius 3 is 2.72 bits per heavy atom. The van der Waals surface area contributed by atoms with Gasteiger partial charge < -0.3 is 5.32 Å². The van der Waals surface area contributed by atoms with Gasteiger partial charge in [-0.2, -0.15) is 0 Å². The Labute approximate surface area is 170 Å². The van der Waals surface area contributed by atoms with Crippen LogP contribution in [0.4, 0.5) is 4.39 Å². The molecule has 0 saturated heterocycles. The van der Waals surface area contributed by atoms with Gasteiger partial charge in [0.05, 0.1) is 11.8 Å². The van der Waals surface area contributed by atoms with Crippen molar-refractivity contribution in [1.82, 2.24) is 14.9 Å². The summed E-state index contributed by atoms with van der Waals surface area (Å²) in [6.07, 6.45) is 1.39. The van der Waals surface area contributed by atoms with Crippen molar-refractivity contribution in [3.63, 3.8) is 0 Å². The largest absolute Gasteiger partial charge is 0.350 e. The molecule has 0 aliphatic heterocycles. The number of hydrogen-bond acceptors (Lipinski definition) is 4. The molecule has 2 aromatic carbocycles. The van der Waals surface area contributed by atoms with Gasteiger partial charge in [-0.25, -0.2) is 9.37 Å². The summed E-state index contributed by atoms with van der Waals surface area (Å²) in [6, 6.07) is 16.5. The van der Waals surface area contributed by atoms with Crippen molar-refractivity contribution in [2.75, 3.05) is 0 Å². The molecule has 5 nitrogen and oxygen atoms in total. The maximum atomic E-state index is 13.6. The summed E-state index contributed by atoms with van der Waals surface area (Å²) >= 11 is 1.36.